The molecule has 0 saturated carbocycles. The minimum atomic E-state index is -1.39. The van der Waals surface area contributed by atoms with Gasteiger partial charge in [-0.25, -0.2) is 9.59 Å². The summed E-state index contributed by atoms with van der Waals surface area (Å²) < 4.78 is 11.6. The van der Waals surface area contributed by atoms with E-state index in [0.29, 0.717) is 37.6 Å². The van der Waals surface area contributed by atoms with E-state index in [1.807, 2.05) is 60.7 Å². The van der Waals surface area contributed by atoms with Crippen molar-refractivity contribution < 1.29 is 24.2 Å². The second kappa shape index (κ2) is 12.5. The third-order valence-corrected chi connectivity index (χ3v) is 5.54. The summed E-state index contributed by atoms with van der Waals surface area (Å²) in [5, 5.41) is 12.6. The number of nitrogens with zero attached hydrogens (tertiary/aromatic N) is 1. The van der Waals surface area contributed by atoms with Gasteiger partial charge in [0.05, 0.1) is 6.61 Å². The fourth-order valence-corrected chi connectivity index (χ4v) is 3.50. The number of carboxylic acid groups (broad SMARTS) is 1. The number of hydrogen-bond acceptors (Lipinski definition) is 4. The zero-order valence-electron chi connectivity index (χ0n) is 20.1. The van der Waals surface area contributed by atoms with E-state index in [-0.39, 0.29) is 12.5 Å². The molecular formula is C28H32N2O5. The molecule has 1 atom stereocenters. The first-order chi connectivity index (χ1) is 16.9. The van der Waals surface area contributed by atoms with Crippen molar-refractivity contribution in [1.29, 1.82) is 0 Å². The predicted molar refractivity (Wildman–Crippen MR) is 135 cm³/mol. The van der Waals surface area contributed by atoms with Gasteiger partial charge in [-0.3, -0.25) is 0 Å². The number of amides is 2. The van der Waals surface area contributed by atoms with Crippen LogP contribution in [0.3, 0.4) is 0 Å². The van der Waals surface area contributed by atoms with Gasteiger partial charge in [-0.1, -0.05) is 60.7 Å². The van der Waals surface area contributed by atoms with Gasteiger partial charge in [-0.15, -0.1) is 0 Å². The molecule has 3 rings (SSSR count). The van der Waals surface area contributed by atoms with Crippen LogP contribution in [0.1, 0.15) is 24.5 Å². The Morgan fingerprint density at radius 3 is 2.14 bits per heavy atom. The maximum absolute atomic E-state index is 12.2. The van der Waals surface area contributed by atoms with Crippen LogP contribution in [0.5, 0.6) is 11.5 Å². The van der Waals surface area contributed by atoms with Crippen LogP contribution in [0.25, 0.3) is 0 Å². The third-order valence-electron chi connectivity index (χ3n) is 5.54. The summed E-state index contributed by atoms with van der Waals surface area (Å²) in [6.45, 7) is 3.08. The molecule has 35 heavy (non-hydrogen) atoms. The zero-order valence-corrected chi connectivity index (χ0v) is 20.1. The first kappa shape index (κ1) is 25.6. The van der Waals surface area contributed by atoms with Crippen molar-refractivity contribution in [2.75, 3.05) is 20.2 Å². The highest BCUT2D eigenvalue weighted by molar-refractivity contribution is 5.78. The van der Waals surface area contributed by atoms with Gasteiger partial charge in [0.2, 0.25) is 5.60 Å². The number of ether oxygens (including phenoxy) is 2. The molecule has 0 aliphatic heterocycles. The number of aliphatic carboxylic acids is 1. The fraction of sp³-hybridized carbons (Fsp3) is 0.286. The van der Waals surface area contributed by atoms with Crippen LogP contribution in [0, 0.1) is 0 Å². The van der Waals surface area contributed by atoms with Gasteiger partial charge in [0, 0.05) is 26.6 Å². The molecule has 184 valence electrons. The number of carbonyl (C=O) groups excluding carboxylic acids is 1. The molecule has 0 spiro atoms. The van der Waals surface area contributed by atoms with Crippen LogP contribution in [0.15, 0.2) is 84.9 Å². The highest BCUT2D eigenvalue weighted by Crippen LogP contribution is 2.24. The van der Waals surface area contributed by atoms with E-state index in [2.05, 4.69) is 5.32 Å². The van der Waals surface area contributed by atoms with Crippen molar-refractivity contribution in [3.05, 3.63) is 96.1 Å². The molecule has 0 heterocycles. The Morgan fingerprint density at radius 1 is 0.886 bits per heavy atom. The van der Waals surface area contributed by atoms with Crippen molar-refractivity contribution in [3.63, 3.8) is 0 Å². The molecule has 2 N–H and O–H groups in total. The number of para-hydroxylation sites is 1. The van der Waals surface area contributed by atoms with E-state index in [1.165, 1.54) is 0 Å². The number of rotatable bonds is 12. The maximum atomic E-state index is 12.2. The maximum Gasteiger partial charge on any atom is 0.348 e. The van der Waals surface area contributed by atoms with Gasteiger partial charge in [0.25, 0.3) is 0 Å². The van der Waals surface area contributed by atoms with Gasteiger partial charge >= 0.3 is 12.0 Å². The minimum absolute atomic E-state index is 0.127. The van der Waals surface area contributed by atoms with Crippen molar-refractivity contribution in [3.8, 4) is 11.5 Å². The van der Waals surface area contributed by atoms with Gasteiger partial charge < -0.3 is 24.8 Å². The number of urea groups is 1. The molecule has 3 aromatic carbocycles. The number of hydrogen-bond donors (Lipinski definition) is 2. The van der Waals surface area contributed by atoms with Crippen LogP contribution in [0.4, 0.5) is 4.79 Å². The summed E-state index contributed by atoms with van der Waals surface area (Å²) >= 11 is 0. The largest absolute Gasteiger partial charge is 0.494 e. The number of nitrogens with one attached hydrogen (secondary N) is 1. The summed E-state index contributed by atoms with van der Waals surface area (Å²) in [5.74, 6) is 0.167. The Kier molecular flexibility index (Phi) is 9.12. The normalized spacial score (nSPS) is 12.3. The van der Waals surface area contributed by atoms with Crippen LogP contribution < -0.4 is 14.8 Å². The van der Waals surface area contributed by atoms with E-state index < -0.39 is 11.6 Å². The Hall–Kier alpha value is -4.00. The summed E-state index contributed by atoms with van der Waals surface area (Å²) in [4.78, 5) is 25.8. The molecule has 0 bridgehead atoms. The highest BCUT2D eigenvalue weighted by Gasteiger charge is 2.36. The van der Waals surface area contributed by atoms with Crippen LogP contribution >= 0.6 is 0 Å². The summed E-state index contributed by atoms with van der Waals surface area (Å²) in [6, 6.07) is 25.9. The van der Waals surface area contributed by atoms with Crippen molar-refractivity contribution in [1.82, 2.24) is 10.2 Å². The lowest BCUT2D eigenvalue weighted by Gasteiger charge is -2.26. The molecular weight excluding hydrogens is 444 g/mol. The number of carbonyl (C=O) groups is 2. The Balaban J connectivity index is 1.41. The van der Waals surface area contributed by atoms with E-state index in [1.54, 1.807) is 43.1 Å². The lowest BCUT2D eigenvalue weighted by atomic mass is 9.96. The Labute approximate surface area is 206 Å². The molecule has 7 heteroatoms. The minimum Gasteiger partial charge on any atom is -0.494 e. The SMILES string of the molecule is CN(CCCOc1ccc(C[C@](C)(Oc2ccccc2)C(=O)O)cc1)C(=O)NCc1ccccc1. The molecule has 0 aliphatic rings. The Bertz CT molecular complexity index is 1070. The van der Waals surface area contributed by atoms with Crippen LogP contribution in [0.2, 0.25) is 0 Å². The van der Waals surface area contributed by atoms with Crippen molar-refractivity contribution in [2.45, 2.75) is 31.9 Å². The molecule has 3 aromatic rings. The van der Waals surface area contributed by atoms with Crippen LogP contribution in [-0.4, -0.2) is 47.8 Å². The standard InChI is InChI=1S/C28H32N2O5/c1-28(26(31)32,35-25-12-7-4-8-13-25)20-22-14-16-24(17-15-22)34-19-9-18-30(2)27(33)29-21-23-10-5-3-6-11-23/h3-8,10-17H,9,18-21H2,1-2H3,(H,29,33)(H,31,32)/t28-/m0/s1. The van der Waals surface area contributed by atoms with E-state index in [4.69, 9.17) is 9.47 Å². The third kappa shape index (κ3) is 8.07. The van der Waals surface area contributed by atoms with Crippen LogP contribution in [-0.2, 0) is 17.8 Å². The molecule has 0 fully saturated rings. The molecule has 0 saturated heterocycles. The molecule has 0 unspecified atom stereocenters. The average Bonchev–Trinajstić information content (AvgIpc) is 2.87. The second-order valence-corrected chi connectivity index (χ2v) is 8.54. The summed E-state index contributed by atoms with van der Waals surface area (Å²) in [5.41, 5.74) is 0.486. The first-order valence-corrected chi connectivity index (χ1v) is 11.6. The highest BCUT2D eigenvalue weighted by atomic mass is 16.5. The molecule has 0 aromatic heterocycles. The quantitative estimate of drug-likeness (QED) is 0.368. The number of benzene rings is 3. The van der Waals surface area contributed by atoms with E-state index >= 15 is 0 Å². The summed E-state index contributed by atoms with van der Waals surface area (Å²) in [6.07, 6.45) is 0.888. The Morgan fingerprint density at radius 2 is 1.51 bits per heavy atom. The lowest BCUT2D eigenvalue weighted by molar-refractivity contribution is -0.153. The van der Waals surface area contributed by atoms with Gasteiger partial charge in [-0.05, 0) is 48.7 Å². The van der Waals surface area contributed by atoms with Gasteiger partial charge in [-0.2, -0.15) is 0 Å². The second-order valence-electron chi connectivity index (χ2n) is 8.54. The van der Waals surface area contributed by atoms with Gasteiger partial charge in [0.15, 0.2) is 0 Å². The number of carboxylic acids is 1. The molecule has 7 nitrogen and oxygen atoms in total. The van der Waals surface area contributed by atoms with Gasteiger partial charge in [0.1, 0.15) is 11.5 Å². The van der Waals surface area contributed by atoms with Crippen molar-refractivity contribution >= 4 is 12.0 Å². The molecule has 0 radical (unpaired) electrons. The predicted octanol–water partition coefficient (Wildman–Crippen LogP) is 4.76. The average molecular weight is 477 g/mol. The lowest BCUT2D eigenvalue weighted by Crippen LogP contribution is -2.43. The molecule has 0 aliphatic carbocycles. The zero-order chi connectivity index (χ0) is 25.1. The first-order valence-electron chi connectivity index (χ1n) is 11.6. The van der Waals surface area contributed by atoms with E-state index in [9.17, 15) is 14.7 Å². The summed E-state index contributed by atoms with van der Waals surface area (Å²) in [7, 11) is 1.76. The molecule has 2 amide bonds. The van der Waals surface area contributed by atoms with Crippen molar-refractivity contribution in [2.24, 2.45) is 0 Å². The van der Waals surface area contributed by atoms with E-state index in [0.717, 1.165) is 11.1 Å². The monoisotopic (exact) mass is 476 g/mol. The fourth-order valence-electron chi connectivity index (χ4n) is 3.50. The topological polar surface area (TPSA) is 88.1 Å². The smallest absolute Gasteiger partial charge is 0.348 e.